The first-order chi connectivity index (χ1) is 13.5. The van der Waals surface area contributed by atoms with Gasteiger partial charge in [-0.25, -0.2) is 4.79 Å². The minimum atomic E-state index is -0.582. The average Bonchev–Trinajstić information content (AvgIpc) is 2.72. The number of ether oxygens (including phenoxy) is 3. The van der Waals surface area contributed by atoms with Crippen molar-refractivity contribution in [1.82, 2.24) is 0 Å². The zero-order valence-corrected chi connectivity index (χ0v) is 15.9. The molecule has 0 atom stereocenters. The summed E-state index contributed by atoms with van der Waals surface area (Å²) in [6, 6.07) is 16.8. The third kappa shape index (κ3) is 4.06. The Morgan fingerprint density at radius 2 is 1.54 bits per heavy atom. The van der Waals surface area contributed by atoms with E-state index in [2.05, 4.69) is 5.32 Å². The summed E-state index contributed by atoms with van der Waals surface area (Å²) in [5, 5.41) is 4.95. The Hall–Kier alpha value is -3.54. The quantitative estimate of drug-likeness (QED) is 0.659. The van der Waals surface area contributed by atoms with Gasteiger partial charge in [0.15, 0.2) is 11.5 Å². The maximum atomic E-state index is 12.6. The third-order valence-corrected chi connectivity index (χ3v) is 4.38. The zero-order chi connectivity index (χ0) is 20.1. The third-order valence-electron chi connectivity index (χ3n) is 4.38. The molecule has 3 aromatic carbocycles. The number of hydrogen-bond acceptors (Lipinski definition) is 5. The van der Waals surface area contributed by atoms with E-state index in [1.54, 1.807) is 6.07 Å². The van der Waals surface area contributed by atoms with Crippen LogP contribution in [0.25, 0.3) is 10.8 Å². The zero-order valence-electron chi connectivity index (χ0n) is 15.9. The number of methoxy groups -OCH3 is 3. The second-order valence-corrected chi connectivity index (χ2v) is 6.15. The summed E-state index contributed by atoms with van der Waals surface area (Å²) in [6.45, 7) is 0. The van der Waals surface area contributed by atoms with E-state index in [0.717, 1.165) is 16.3 Å². The molecule has 0 radical (unpaired) electrons. The maximum absolute atomic E-state index is 12.6. The van der Waals surface area contributed by atoms with E-state index < -0.39 is 5.97 Å². The molecule has 0 saturated carbocycles. The molecule has 0 aliphatic heterocycles. The van der Waals surface area contributed by atoms with E-state index >= 15 is 0 Å². The highest BCUT2D eigenvalue weighted by molar-refractivity contribution is 6.02. The standard InChI is InChI=1S/C22H21NO5/c1-26-19-12-17(22(25)28-3)18(13-20(19)27-2)23-21(24)11-14-8-9-15-6-4-5-7-16(15)10-14/h4-10,12-13H,11H2,1-3H3,(H,23,24). The molecule has 0 spiro atoms. The minimum absolute atomic E-state index is 0.166. The van der Waals surface area contributed by atoms with Gasteiger partial charge in [-0.1, -0.05) is 42.5 Å². The van der Waals surface area contributed by atoms with Gasteiger partial charge in [-0.05, 0) is 16.3 Å². The first-order valence-corrected chi connectivity index (χ1v) is 8.67. The predicted molar refractivity (Wildman–Crippen MR) is 107 cm³/mol. The van der Waals surface area contributed by atoms with Crippen molar-refractivity contribution in [2.75, 3.05) is 26.6 Å². The molecule has 1 amide bonds. The molecule has 28 heavy (non-hydrogen) atoms. The van der Waals surface area contributed by atoms with Crippen molar-refractivity contribution in [2.45, 2.75) is 6.42 Å². The molecule has 144 valence electrons. The van der Waals surface area contributed by atoms with Crippen molar-refractivity contribution in [2.24, 2.45) is 0 Å². The summed E-state index contributed by atoms with van der Waals surface area (Å²) < 4.78 is 15.3. The van der Waals surface area contributed by atoms with E-state index in [1.165, 1.54) is 27.4 Å². The largest absolute Gasteiger partial charge is 0.493 e. The normalized spacial score (nSPS) is 10.4. The minimum Gasteiger partial charge on any atom is -0.493 e. The van der Waals surface area contributed by atoms with Gasteiger partial charge in [0.25, 0.3) is 0 Å². The van der Waals surface area contributed by atoms with Crippen molar-refractivity contribution in [3.8, 4) is 11.5 Å². The number of carbonyl (C=O) groups excluding carboxylic acids is 2. The van der Waals surface area contributed by atoms with Crippen LogP contribution < -0.4 is 14.8 Å². The average molecular weight is 379 g/mol. The van der Waals surface area contributed by atoms with Crippen LogP contribution in [0.2, 0.25) is 0 Å². The summed E-state index contributed by atoms with van der Waals surface area (Å²) >= 11 is 0. The molecule has 0 aromatic heterocycles. The number of fused-ring (bicyclic) bond motifs is 1. The molecule has 6 nitrogen and oxygen atoms in total. The summed E-state index contributed by atoms with van der Waals surface area (Å²) in [7, 11) is 4.23. The fraction of sp³-hybridized carbons (Fsp3) is 0.182. The number of hydrogen-bond donors (Lipinski definition) is 1. The fourth-order valence-electron chi connectivity index (χ4n) is 2.99. The number of rotatable bonds is 6. The van der Waals surface area contributed by atoms with E-state index in [9.17, 15) is 9.59 Å². The molecule has 0 bridgehead atoms. The van der Waals surface area contributed by atoms with Gasteiger partial charge in [0, 0.05) is 12.1 Å². The summed E-state index contributed by atoms with van der Waals surface area (Å²) in [6.07, 6.45) is 0.166. The summed E-state index contributed by atoms with van der Waals surface area (Å²) in [5.74, 6) is -0.0683. The number of anilines is 1. The second kappa shape index (κ2) is 8.43. The molecule has 3 aromatic rings. The van der Waals surface area contributed by atoms with Gasteiger partial charge in [0.1, 0.15) is 0 Å². The smallest absolute Gasteiger partial charge is 0.340 e. The molecule has 0 fully saturated rings. The number of esters is 1. The van der Waals surface area contributed by atoms with Crippen molar-refractivity contribution in [3.05, 3.63) is 65.7 Å². The number of benzene rings is 3. The van der Waals surface area contributed by atoms with Crippen LogP contribution in [0.3, 0.4) is 0 Å². The lowest BCUT2D eigenvalue weighted by Crippen LogP contribution is -2.17. The van der Waals surface area contributed by atoms with Crippen molar-refractivity contribution >= 4 is 28.3 Å². The van der Waals surface area contributed by atoms with E-state index in [-0.39, 0.29) is 17.9 Å². The first kappa shape index (κ1) is 19.2. The molecule has 0 saturated heterocycles. The molecule has 0 heterocycles. The Labute approximate surface area is 163 Å². The molecular formula is C22H21NO5. The maximum Gasteiger partial charge on any atom is 0.340 e. The van der Waals surface area contributed by atoms with Crippen LogP contribution in [0.4, 0.5) is 5.69 Å². The van der Waals surface area contributed by atoms with Crippen LogP contribution in [0, 0.1) is 0 Å². The highest BCUT2D eigenvalue weighted by atomic mass is 16.5. The topological polar surface area (TPSA) is 73.9 Å². The van der Waals surface area contributed by atoms with E-state index in [1.807, 2.05) is 42.5 Å². The van der Waals surface area contributed by atoms with Crippen molar-refractivity contribution in [1.29, 1.82) is 0 Å². The predicted octanol–water partition coefficient (Wildman–Crippen LogP) is 3.82. The van der Waals surface area contributed by atoms with Gasteiger partial charge < -0.3 is 19.5 Å². The Balaban J connectivity index is 1.86. The van der Waals surface area contributed by atoms with Crippen LogP contribution in [0.5, 0.6) is 11.5 Å². The van der Waals surface area contributed by atoms with Crippen molar-refractivity contribution in [3.63, 3.8) is 0 Å². The Bertz CT molecular complexity index is 1030. The van der Waals surface area contributed by atoms with Crippen LogP contribution in [0.15, 0.2) is 54.6 Å². The SMILES string of the molecule is COC(=O)c1cc(OC)c(OC)cc1NC(=O)Cc1ccc2ccccc2c1. The Kier molecular flexibility index (Phi) is 5.79. The van der Waals surface area contributed by atoms with E-state index in [4.69, 9.17) is 14.2 Å². The van der Waals surface area contributed by atoms with Gasteiger partial charge >= 0.3 is 5.97 Å². The Morgan fingerprint density at radius 1 is 0.857 bits per heavy atom. The van der Waals surface area contributed by atoms with Crippen LogP contribution in [-0.4, -0.2) is 33.2 Å². The van der Waals surface area contributed by atoms with E-state index in [0.29, 0.717) is 17.2 Å². The molecule has 6 heteroatoms. The second-order valence-electron chi connectivity index (χ2n) is 6.15. The molecule has 3 rings (SSSR count). The van der Waals surface area contributed by atoms with Crippen molar-refractivity contribution < 1.29 is 23.8 Å². The molecular weight excluding hydrogens is 358 g/mol. The van der Waals surface area contributed by atoms with Crippen LogP contribution >= 0.6 is 0 Å². The first-order valence-electron chi connectivity index (χ1n) is 8.67. The number of nitrogens with one attached hydrogen (secondary N) is 1. The van der Waals surface area contributed by atoms with Gasteiger partial charge in [0.2, 0.25) is 5.91 Å². The van der Waals surface area contributed by atoms with Gasteiger partial charge in [-0.2, -0.15) is 0 Å². The molecule has 0 aliphatic rings. The Morgan fingerprint density at radius 3 is 2.21 bits per heavy atom. The lowest BCUT2D eigenvalue weighted by atomic mass is 10.0. The lowest BCUT2D eigenvalue weighted by Gasteiger charge is -2.14. The van der Waals surface area contributed by atoms with Crippen LogP contribution in [0.1, 0.15) is 15.9 Å². The summed E-state index contributed by atoms with van der Waals surface area (Å²) in [4.78, 5) is 24.7. The van der Waals surface area contributed by atoms with Crippen LogP contribution in [-0.2, 0) is 16.0 Å². The number of amides is 1. The molecule has 0 aliphatic carbocycles. The lowest BCUT2D eigenvalue weighted by molar-refractivity contribution is -0.115. The summed E-state index contributed by atoms with van der Waals surface area (Å²) in [5.41, 5.74) is 1.36. The van der Waals surface area contributed by atoms with Gasteiger partial charge in [-0.15, -0.1) is 0 Å². The van der Waals surface area contributed by atoms with Gasteiger partial charge in [-0.3, -0.25) is 4.79 Å². The monoisotopic (exact) mass is 379 g/mol. The number of carbonyl (C=O) groups is 2. The molecule has 0 unspecified atom stereocenters. The van der Waals surface area contributed by atoms with Gasteiger partial charge in [0.05, 0.1) is 39.0 Å². The highest BCUT2D eigenvalue weighted by Gasteiger charge is 2.19. The fourth-order valence-corrected chi connectivity index (χ4v) is 2.99. The molecule has 1 N–H and O–H groups in total. The highest BCUT2D eigenvalue weighted by Crippen LogP contribution is 2.34.